The van der Waals surface area contributed by atoms with E-state index in [1.165, 1.54) is 12.8 Å². The highest BCUT2D eigenvalue weighted by Gasteiger charge is 2.27. The van der Waals surface area contributed by atoms with Crippen molar-refractivity contribution in [1.29, 1.82) is 0 Å². The number of amides is 1. The molecule has 2 fully saturated rings. The molecule has 0 aromatic carbocycles. The normalized spacial score (nSPS) is 18.4. The summed E-state index contributed by atoms with van der Waals surface area (Å²) in [5.41, 5.74) is 0.979. The third kappa shape index (κ3) is 6.11. The van der Waals surface area contributed by atoms with Crippen molar-refractivity contribution in [2.24, 2.45) is 4.99 Å². The second-order valence-corrected chi connectivity index (χ2v) is 7.04. The number of rotatable bonds is 5. The Morgan fingerprint density at radius 3 is 2.58 bits per heavy atom. The minimum Gasteiger partial charge on any atom is -0.361 e. The number of piperazine rings is 1. The Morgan fingerprint density at radius 2 is 2.04 bits per heavy atom. The molecule has 1 N–H and O–H groups in total. The first-order chi connectivity index (χ1) is 12.0. The Balaban J connectivity index is 0.00000243. The van der Waals surface area contributed by atoms with E-state index in [0.717, 1.165) is 50.1 Å². The topological polar surface area (TPSA) is 77.2 Å². The summed E-state index contributed by atoms with van der Waals surface area (Å²) in [5, 5.41) is 7.55. The van der Waals surface area contributed by atoms with E-state index in [1.807, 2.05) is 13.0 Å². The zero-order valence-electron chi connectivity index (χ0n) is 15.8. The molecule has 0 bridgehead atoms. The van der Waals surface area contributed by atoms with Gasteiger partial charge < -0.3 is 19.6 Å². The van der Waals surface area contributed by atoms with Crippen LogP contribution in [0.5, 0.6) is 0 Å². The molecule has 0 atom stereocenters. The Bertz CT molecular complexity index is 621. The number of hydrogen-bond donors (Lipinski definition) is 1. The smallest absolute Gasteiger partial charge is 0.243 e. The molecule has 1 aromatic heterocycles. The fraction of sp³-hybridized carbons (Fsp3) is 0.706. The summed E-state index contributed by atoms with van der Waals surface area (Å²) >= 11 is 0. The van der Waals surface area contributed by atoms with E-state index in [2.05, 4.69) is 25.3 Å². The highest BCUT2D eigenvalue weighted by atomic mass is 127. The van der Waals surface area contributed by atoms with E-state index in [9.17, 15) is 4.79 Å². The molecule has 3 rings (SSSR count). The number of guanidine groups is 1. The van der Waals surface area contributed by atoms with E-state index < -0.39 is 0 Å². The van der Waals surface area contributed by atoms with Gasteiger partial charge in [-0.05, 0) is 19.8 Å². The Hall–Kier alpha value is -1.36. The van der Waals surface area contributed by atoms with E-state index in [1.54, 1.807) is 19.0 Å². The second kappa shape index (κ2) is 9.54. The molecule has 1 saturated heterocycles. The van der Waals surface area contributed by atoms with Crippen molar-refractivity contribution < 1.29 is 9.32 Å². The van der Waals surface area contributed by atoms with Crippen LogP contribution >= 0.6 is 24.0 Å². The molecular weight excluding hydrogens is 447 g/mol. The van der Waals surface area contributed by atoms with E-state index >= 15 is 0 Å². The number of carbonyl (C=O) groups excluding carboxylic acids is 1. The maximum Gasteiger partial charge on any atom is 0.243 e. The molecule has 1 aliphatic carbocycles. The Morgan fingerprint density at radius 1 is 1.35 bits per heavy atom. The van der Waals surface area contributed by atoms with Crippen molar-refractivity contribution in [2.75, 3.05) is 46.8 Å². The highest BCUT2D eigenvalue weighted by Crippen LogP contribution is 2.19. The zero-order chi connectivity index (χ0) is 17.8. The lowest BCUT2D eigenvalue weighted by Gasteiger charge is -2.36. The molecule has 0 unspecified atom stereocenters. The van der Waals surface area contributed by atoms with E-state index in [0.29, 0.717) is 6.04 Å². The van der Waals surface area contributed by atoms with Crippen molar-refractivity contribution in [1.82, 2.24) is 25.2 Å². The fourth-order valence-corrected chi connectivity index (χ4v) is 2.77. The summed E-state index contributed by atoms with van der Waals surface area (Å²) in [6.07, 6.45) is 2.37. The molecule has 0 spiro atoms. The summed E-state index contributed by atoms with van der Waals surface area (Å²) in [6, 6.07) is 2.50. The van der Waals surface area contributed by atoms with Crippen molar-refractivity contribution in [2.45, 2.75) is 32.4 Å². The molecule has 1 aromatic rings. The van der Waals surface area contributed by atoms with Crippen LogP contribution in [-0.4, -0.2) is 84.6 Å². The summed E-state index contributed by atoms with van der Waals surface area (Å²) in [4.78, 5) is 22.6. The van der Waals surface area contributed by atoms with Gasteiger partial charge in [0.1, 0.15) is 12.3 Å². The number of carbonyl (C=O) groups is 1. The molecule has 1 saturated carbocycles. The number of nitrogens with zero attached hydrogens (tertiary/aromatic N) is 5. The van der Waals surface area contributed by atoms with Gasteiger partial charge >= 0.3 is 0 Å². The molecule has 1 amide bonds. The fourth-order valence-electron chi connectivity index (χ4n) is 2.77. The summed E-state index contributed by atoms with van der Waals surface area (Å²) in [7, 11) is 3.52. The third-order valence-electron chi connectivity index (χ3n) is 4.51. The number of hydrogen-bond acceptors (Lipinski definition) is 5. The largest absolute Gasteiger partial charge is 0.361 e. The highest BCUT2D eigenvalue weighted by molar-refractivity contribution is 14.0. The Labute approximate surface area is 172 Å². The quantitative estimate of drug-likeness (QED) is 0.387. The van der Waals surface area contributed by atoms with Gasteiger partial charge in [-0.25, -0.2) is 4.99 Å². The van der Waals surface area contributed by atoms with Gasteiger partial charge in [0, 0.05) is 58.9 Å². The first-order valence-corrected chi connectivity index (χ1v) is 8.92. The van der Waals surface area contributed by atoms with Crippen molar-refractivity contribution in [3.05, 3.63) is 17.5 Å². The standard InChI is InChI=1S/C17H28N6O2.HI/c1-13-10-15(20-25-13)12-22-6-8-23(9-7-22)17(19-14-4-5-14)18-11-16(24)21(2)3;/h10,14H,4-9,11-12H2,1-3H3,(H,18,19);1H. The molecule has 0 radical (unpaired) electrons. The van der Waals surface area contributed by atoms with Crippen LogP contribution in [0, 0.1) is 6.92 Å². The van der Waals surface area contributed by atoms with Gasteiger partial charge in [-0.15, -0.1) is 24.0 Å². The lowest BCUT2D eigenvalue weighted by molar-refractivity contribution is -0.127. The monoisotopic (exact) mass is 476 g/mol. The number of aliphatic imine (C=N–C) groups is 1. The van der Waals surface area contributed by atoms with Crippen molar-refractivity contribution in [3.63, 3.8) is 0 Å². The van der Waals surface area contributed by atoms with Gasteiger partial charge in [0.2, 0.25) is 5.91 Å². The molecule has 26 heavy (non-hydrogen) atoms. The molecule has 146 valence electrons. The number of likely N-dealkylation sites (N-methyl/N-ethyl adjacent to an activating group) is 1. The number of aryl methyl sites for hydroxylation is 1. The lowest BCUT2D eigenvalue weighted by Crippen LogP contribution is -2.52. The van der Waals surface area contributed by atoms with Crippen molar-refractivity contribution in [3.8, 4) is 0 Å². The average molecular weight is 476 g/mol. The van der Waals surface area contributed by atoms with Crippen LogP contribution in [0.25, 0.3) is 0 Å². The molecule has 2 aliphatic rings. The van der Waals surface area contributed by atoms with Crippen molar-refractivity contribution >= 4 is 35.8 Å². The summed E-state index contributed by atoms with van der Waals surface area (Å²) in [5.74, 6) is 1.74. The number of halogens is 1. The van der Waals surface area contributed by atoms with Crippen LogP contribution in [0.4, 0.5) is 0 Å². The van der Waals surface area contributed by atoms with E-state index in [4.69, 9.17) is 4.52 Å². The molecule has 1 aliphatic heterocycles. The van der Waals surface area contributed by atoms with Gasteiger partial charge in [0.05, 0.1) is 5.69 Å². The van der Waals surface area contributed by atoms with Crippen LogP contribution in [0.15, 0.2) is 15.6 Å². The molecular formula is C17H29IN6O2. The van der Waals surface area contributed by atoms with E-state index in [-0.39, 0.29) is 36.4 Å². The zero-order valence-corrected chi connectivity index (χ0v) is 18.1. The lowest BCUT2D eigenvalue weighted by atomic mass is 10.3. The van der Waals surface area contributed by atoms with Crippen LogP contribution in [0.1, 0.15) is 24.3 Å². The SMILES string of the molecule is Cc1cc(CN2CCN(C(=NCC(=O)N(C)C)NC3CC3)CC2)no1.I. The first kappa shape index (κ1) is 20.9. The first-order valence-electron chi connectivity index (χ1n) is 8.92. The maximum absolute atomic E-state index is 11.8. The van der Waals surface area contributed by atoms with Gasteiger partial charge in [-0.3, -0.25) is 9.69 Å². The average Bonchev–Trinajstić information content (AvgIpc) is 3.32. The molecule has 9 heteroatoms. The van der Waals surface area contributed by atoms with Crippen LogP contribution in [0.2, 0.25) is 0 Å². The minimum atomic E-state index is 0. The maximum atomic E-state index is 11.8. The Kier molecular flexibility index (Phi) is 7.69. The van der Waals surface area contributed by atoms with Gasteiger partial charge in [-0.1, -0.05) is 5.16 Å². The second-order valence-electron chi connectivity index (χ2n) is 7.04. The van der Waals surface area contributed by atoms with Gasteiger partial charge in [-0.2, -0.15) is 0 Å². The summed E-state index contributed by atoms with van der Waals surface area (Å²) in [6.45, 7) is 6.60. The number of aromatic nitrogens is 1. The molecule has 8 nitrogen and oxygen atoms in total. The minimum absolute atomic E-state index is 0. The predicted octanol–water partition coefficient (Wildman–Crippen LogP) is 0.915. The molecule has 2 heterocycles. The van der Waals surface area contributed by atoms with Crippen LogP contribution < -0.4 is 5.32 Å². The predicted molar refractivity (Wildman–Crippen MR) is 111 cm³/mol. The van der Waals surface area contributed by atoms with Gasteiger partial charge in [0.25, 0.3) is 0 Å². The van der Waals surface area contributed by atoms with Crippen LogP contribution in [0.3, 0.4) is 0 Å². The number of nitrogens with one attached hydrogen (secondary N) is 1. The summed E-state index contributed by atoms with van der Waals surface area (Å²) < 4.78 is 5.14. The van der Waals surface area contributed by atoms with Gasteiger partial charge in [0.15, 0.2) is 5.96 Å². The third-order valence-corrected chi connectivity index (χ3v) is 4.51. The van der Waals surface area contributed by atoms with Crippen LogP contribution in [-0.2, 0) is 11.3 Å².